The topological polar surface area (TPSA) is 59.6 Å². The van der Waals surface area contributed by atoms with Crippen LogP contribution in [0.4, 0.5) is 5.69 Å². The predicted molar refractivity (Wildman–Crippen MR) is 82.5 cm³/mol. The summed E-state index contributed by atoms with van der Waals surface area (Å²) in [5, 5.41) is 6.19. The van der Waals surface area contributed by atoms with Crippen LogP contribution in [0, 0.1) is 0 Å². The number of carbonyl (C=O) groups excluding carboxylic acids is 1. The summed E-state index contributed by atoms with van der Waals surface area (Å²) in [5.74, 6) is 0.242. The second kappa shape index (κ2) is 9.63. The van der Waals surface area contributed by atoms with Crippen molar-refractivity contribution < 1.29 is 14.2 Å². The van der Waals surface area contributed by atoms with Crippen LogP contribution in [0.25, 0.3) is 0 Å². The van der Waals surface area contributed by atoms with Crippen LogP contribution in [0.5, 0.6) is 0 Å². The third-order valence-electron chi connectivity index (χ3n) is 2.75. The molecule has 0 aliphatic rings. The van der Waals surface area contributed by atoms with Gasteiger partial charge in [0, 0.05) is 25.2 Å². The zero-order valence-electron chi connectivity index (χ0n) is 11.8. The minimum Gasteiger partial charge on any atom is -0.468 e. The highest BCUT2D eigenvalue weighted by molar-refractivity contribution is 6.24. The van der Waals surface area contributed by atoms with Gasteiger partial charge < -0.3 is 19.9 Å². The molecule has 0 aromatic heterocycles. The maximum absolute atomic E-state index is 11.7. The van der Waals surface area contributed by atoms with E-state index in [2.05, 4.69) is 10.5 Å². The van der Waals surface area contributed by atoms with Crippen molar-refractivity contribution in [1.29, 1.82) is 0 Å². The number of methoxy groups -OCH3 is 1. The van der Waals surface area contributed by atoms with E-state index >= 15 is 0 Å². The van der Waals surface area contributed by atoms with Crippen LogP contribution >= 0.6 is 11.6 Å². The van der Waals surface area contributed by atoms with Gasteiger partial charge in [-0.05, 0) is 24.1 Å². The Labute approximate surface area is 125 Å². The zero-order valence-corrected chi connectivity index (χ0v) is 12.6. The van der Waals surface area contributed by atoms with Gasteiger partial charge in [-0.25, -0.2) is 0 Å². The van der Waals surface area contributed by atoms with Crippen molar-refractivity contribution in [3.05, 3.63) is 29.8 Å². The van der Waals surface area contributed by atoms with Crippen LogP contribution in [-0.2, 0) is 20.6 Å². The Morgan fingerprint density at radius 1 is 1.45 bits per heavy atom. The number of hydrogen-bond acceptors (Lipinski definition) is 5. The maximum atomic E-state index is 11.7. The maximum Gasteiger partial charge on any atom is 0.361 e. The molecule has 0 bridgehead atoms. The molecule has 5 nitrogen and oxygen atoms in total. The van der Waals surface area contributed by atoms with E-state index in [0.717, 1.165) is 11.3 Å². The molecule has 7 heteroatoms. The van der Waals surface area contributed by atoms with Crippen molar-refractivity contribution in [2.24, 2.45) is 0 Å². The molecule has 0 saturated heterocycles. The van der Waals surface area contributed by atoms with Crippen molar-refractivity contribution in [3.63, 3.8) is 0 Å². The van der Waals surface area contributed by atoms with Crippen molar-refractivity contribution in [2.45, 2.75) is 12.5 Å². The molecule has 1 atom stereocenters. The number of nitrogens with one attached hydrogen (secondary N) is 2. The Morgan fingerprint density at radius 3 is 2.90 bits per heavy atom. The van der Waals surface area contributed by atoms with E-state index in [1.807, 2.05) is 24.3 Å². The zero-order chi connectivity index (χ0) is 14.8. The molecule has 1 aromatic carbocycles. The number of esters is 1. The number of anilines is 1. The van der Waals surface area contributed by atoms with Gasteiger partial charge in [0.15, 0.2) is 0 Å². The molecule has 0 heterocycles. The van der Waals surface area contributed by atoms with Crippen molar-refractivity contribution in [2.75, 3.05) is 32.0 Å². The molecule has 0 radical (unpaired) electrons. The fourth-order valence-corrected chi connectivity index (χ4v) is 1.90. The molecule has 1 aromatic rings. The quantitative estimate of drug-likeness (QED) is 0.403. The second-order valence-corrected chi connectivity index (χ2v) is 4.61. The summed E-state index contributed by atoms with van der Waals surface area (Å²) in [6, 6.07) is 7.44. The first-order valence-electron chi connectivity index (χ1n) is 6.40. The Bertz CT molecular complexity index is 420. The number of ether oxygens (including phenoxy) is 1. The molecule has 0 spiro atoms. The summed E-state index contributed by atoms with van der Waals surface area (Å²) in [6.45, 7) is 0.702. The third kappa shape index (κ3) is 5.82. The van der Waals surface area contributed by atoms with Gasteiger partial charge in [0.25, 0.3) is 0 Å². The molecule has 0 aliphatic heterocycles. The largest absolute Gasteiger partial charge is 0.468 e. The molecular formula is C13H20BClN2O3. The molecule has 0 fully saturated rings. The second-order valence-electron chi connectivity index (χ2n) is 4.23. The van der Waals surface area contributed by atoms with Crippen molar-refractivity contribution in [1.82, 2.24) is 5.23 Å². The first kappa shape index (κ1) is 16.8. The van der Waals surface area contributed by atoms with E-state index < -0.39 is 6.04 Å². The first-order valence-corrected chi connectivity index (χ1v) is 6.93. The lowest BCUT2D eigenvalue weighted by molar-refractivity contribution is -0.142. The predicted octanol–water partition coefficient (Wildman–Crippen LogP) is 0.924. The van der Waals surface area contributed by atoms with Crippen molar-refractivity contribution >= 4 is 30.9 Å². The van der Waals surface area contributed by atoms with Crippen LogP contribution in [0.2, 0.25) is 0 Å². The molecular weight excluding hydrogens is 278 g/mol. The number of carbonyl (C=O) groups is 1. The SMILES string of the molecule is COBNC(Cc1cccc(NCCCl)c1)C(=O)OC. The fraction of sp³-hybridized carbons (Fsp3) is 0.462. The molecule has 0 amide bonds. The number of benzene rings is 1. The smallest absolute Gasteiger partial charge is 0.361 e. The van der Waals surface area contributed by atoms with Crippen LogP contribution in [0.3, 0.4) is 0 Å². The van der Waals surface area contributed by atoms with Gasteiger partial charge in [0.1, 0.15) is 6.04 Å². The lowest BCUT2D eigenvalue weighted by Gasteiger charge is -2.16. The summed E-state index contributed by atoms with van der Waals surface area (Å²) in [6.07, 6.45) is 0.534. The summed E-state index contributed by atoms with van der Waals surface area (Å²) >= 11 is 5.65. The van der Waals surface area contributed by atoms with Crippen LogP contribution in [0.1, 0.15) is 5.56 Å². The van der Waals surface area contributed by atoms with E-state index in [0.29, 0.717) is 26.5 Å². The molecule has 1 unspecified atom stereocenters. The van der Waals surface area contributed by atoms with Gasteiger partial charge in [0.2, 0.25) is 0 Å². The van der Waals surface area contributed by atoms with Gasteiger partial charge in [-0.3, -0.25) is 4.79 Å². The summed E-state index contributed by atoms with van der Waals surface area (Å²) < 4.78 is 9.72. The van der Waals surface area contributed by atoms with Gasteiger partial charge in [-0.1, -0.05) is 12.1 Å². The van der Waals surface area contributed by atoms with E-state index in [4.69, 9.17) is 21.0 Å². The van der Waals surface area contributed by atoms with Gasteiger partial charge in [-0.15, -0.1) is 11.6 Å². The lowest BCUT2D eigenvalue weighted by atomic mass is 10.0. The summed E-state index contributed by atoms with van der Waals surface area (Å²) in [4.78, 5) is 11.7. The summed E-state index contributed by atoms with van der Waals surface area (Å²) in [7, 11) is 3.24. The fourth-order valence-electron chi connectivity index (χ4n) is 1.80. The number of rotatable bonds is 9. The Kier molecular flexibility index (Phi) is 8.10. The van der Waals surface area contributed by atoms with Crippen LogP contribution in [-0.4, -0.2) is 46.3 Å². The highest BCUT2D eigenvalue weighted by Crippen LogP contribution is 2.12. The van der Waals surface area contributed by atoms with Crippen LogP contribution < -0.4 is 10.5 Å². The monoisotopic (exact) mass is 298 g/mol. The summed E-state index contributed by atoms with van der Waals surface area (Å²) in [5.41, 5.74) is 2.02. The molecule has 1 rings (SSSR count). The van der Waals surface area contributed by atoms with Gasteiger partial charge >= 0.3 is 13.6 Å². The lowest BCUT2D eigenvalue weighted by Crippen LogP contribution is -2.42. The molecule has 110 valence electrons. The van der Waals surface area contributed by atoms with Crippen molar-refractivity contribution in [3.8, 4) is 0 Å². The standard InChI is InChI=1S/C13H20BClN2O3/c1-19-13(18)12(17-14-20-2)9-10-4-3-5-11(8-10)16-7-6-15/h3-5,8,12,14,16-17H,6-7,9H2,1-2H3. The number of alkyl halides is 1. The van der Waals surface area contributed by atoms with Gasteiger partial charge in [-0.2, -0.15) is 0 Å². The minimum atomic E-state index is -0.428. The average molecular weight is 299 g/mol. The van der Waals surface area contributed by atoms with Gasteiger partial charge in [0.05, 0.1) is 7.11 Å². The van der Waals surface area contributed by atoms with E-state index in [1.54, 1.807) is 7.11 Å². The van der Waals surface area contributed by atoms with E-state index in [9.17, 15) is 4.79 Å². The van der Waals surface area contributed by atoms with E-state index in [-0.39, 0.29) is 5.97 Å². The highest BCUT2D eigenvalue weighted by Gasteiger charge is 2.19. The molecule has 2 N–H and O–H groups in total. The van der Waals surface area contributed by atoms with E-state index in [1.165, 1.54) is 7.11 Å². The highest BCUT2D eigenvalue weighted by atomic mass is 35.5. The average Bonchev–Trinajstić information content (AvgIpc) is 2.49. The molecule has 0 aliphatic carbocycles. The third-order valence-corrected chi connectivity index (χ3v) is 2.94. The van der Waals surface area contributed by atoms with Crippen LogP contribution in [0.15, 0.2) is 24.3 Å². The number of halogens is 1. The Balaban J connectivity index is 2.69. The normalized spacial score (nSPS) is 11.8. The first-order chi connectivity index (χ1) is 9.71. The Hall–Kier alpha value is -1.24. The molecule has 20 heavy (non-hydrogen) atoms. The minimum absolute atomic E-state index is 0.296. The molecule has 0 saturated carbocycles. The number of hydrogen-bond donors (Lipinski definition) is 2. The Morgan fingerprint density at radius 2 is 2.25 bits per heavy atom.